The van der Waals surface area contributed by atoms with Gasteiger partial charge in [-0.1, -0.05) is 30.9 Å². The lowest BCUT2D eigenvalue weighted by Gasteiger charge is -2.41. The maximum Gasteiger partial charge on any atom is 0.408 e. The summed E-state index contributed by atoms with van der Waals surface area (Å²) in [6.07, 6.45) is 0.774. The average molecular weight is 420 g/mol. The highest BCUT2D eigenvalue weighted by atomic mass is 35.5. The number of piperidine rings is 1. The number of aromatic nitrogens is 2. The Balaban J connectivity index is 1.79. The number of carbonyl (C=O) groups is 1. The van der Waals surface area contributed by atoms with Crippen molar-refractivity contribution in [2.75, 3.05) is 23.8 Å². The molecule has 1 aromatic heterocycles. The summed E-state index contributed by atoms with van der Waals surface area (Å²) in [6, 6.07) is -0.274. The van der Waals surface area contributed by atoms with Crippen LogP contribution in [0.15, 0.2) is 6.07 Å². The van der Waals surface area contributed by atoms with Gasteiger partial charge >= 0.3 is 6.18 Å². The third-order valence-corrected chi connectivity index (χ3v) is 5.67. The number of alkyl halides is 3. The number of nitrogens with zero attached hydrogens (tertiary/aromatic N) is 3. The maximum atomic E-state index is 13.6. The molecule has 2 fully saturated rings. The summed E-state index contributed by atoms with van der Waals surface area (Å²) in [4.78, 5) is 21.9. The smallest absolute Gasteiger partial charge is 0.357 e. The highest BCUT2D eigenvalue weighted by Crippen LogP contribution is 2.37. The van der Waals surface area contributed by atoms with Gasteiger partial charge < -0.3 is 15.5 Å². The fourth-order valence-electron chi connectivity index (χ4n) is 4.01. The van der Waals surface area contributed by atoms with Crippen LogP contribution in [0.2, 0.25) is 5.15 Å². The molecule has 1 saturated carbocycles. The molecule has 0 unspecified atom stereocenters. The molecule has 2 aliphatic rings. The number of halogens is 4. The van der Waals surface area contributed by atoms with Crippen LogP contribution in [-0.4, -0.2) is 47.7 Å². The Kier molecular flexibility index (Phi) is 6.52. The van der Waals surface area contributed by atoms with Gasteiger partial charge in [-0.15, -0.1) is 0 Å². The summed E-state index contributed by atoms with van der Waals surface area (Å²) >= 11 is 5.96. The van der Waals surface area contributed by atoms with Crippen LogP contribution in [0.5, 0.6) is 0 Å². The number of rotatable bonds is 4. The standard InChI is InChI=1S/C18H25ClF3N5O/c1-23-17-25-14(19)9-15(26-17)27-10-11(7-8-13(27)18(20,21)22)16(28)24-12-5-3-2-4-6-12/h9,11-13H,2-8,10H2,1H3,(H,24,28)(H,23,25,26)/t11-,13-/m1/s1. The summed E-state index contributed by atoms with van der Waals surface area (Å²) in [5.74, 6) is -0.488. The van der Waals surface area contributed by atoms with Gasteiger partial charge in [-0.05, 0) is 25.7 Å². The highest BCUT2D eigenvalue weighted by Gasteiger charge is 2.48. The molecule has 0 radical (unpaired) electrons. The van der Waals surface area contributed by atoms with Gasteiger partial charge in [0.2, 0.25) is 11.9 Å². The summed E-state index contributed by atoms with van der Waals surface area (Å²) in [5, 5.41) is 5.77. The molecule has 1 saturated heterocycles. The predicted molar refractivity (Wildman–Crippen MR) is 102 cm³/mol. The van der Waals surface area contributed by atoms with Crippen LogP contribution < -0.4 is 15.5 Å². The molecule has 0 bridgehead atoms. The van der Waals surface area contributed by atoms with Crippen molar-refractivity contribution in [3.05, 3.63) is 11.2 Å². The number of amides is 1. The minimum Gasteiger partial charge on any atom is -0.357 e. The van der Waals surface area contributed by atoms with Crippen LogP contribution >= 0.6 is 11.6 Å². The molecule has 1 aliphatic heterocycles. The number of hydrogen-bond donors (Lipinski definition) is 2. The molecule has 0 spiro atoms. The van der Waals surface area contributed by atoms with Crippen molar-refractivity contribution in [1.29, 1.82) is 0 Å². The summed E-state index contributed by atoms with van der Waals surface area (Å²) in [7, 11) is 1.56. The first-order valence-corrected chi connectivity index (χ1v) is 10.0. The van der Waals surface area contributed by atoms with Crippen molar-refractivity contribution in [3.63, 3.8) is 0 Å². The van der Waals surface area contributed by atoms with E-state index >= 15 is 0 Å². The first-order chi connectivity index (χ1) is 13.3. The normalized spacial score (nSPS) is 24.1. The van der Waals surface area contributed by atoms with Crippen LogP contribution in [0.1, 0.15) is 44.9 Å². The first kappa shape index (κ1) is 21.0. The zero-order chi connectivity index (χ0) is 20.3. The van der Waals surface area contributed by atoms with E-state index in [4.69, 9.17) is 11.6 Å². The van der Waals surface area contributed by atoms with E-state index in [9.17, 15) is 18.0 Å². The molecular weight excluding hydrogens is 395 g/mol. The van der Waals surface area contributed by atoms with Crippen molar-refractivity contribution in [3.8, 4) is 0 Å². The minimum absolute atomic E-state index is 0.0454. The van der Waals surface area contributed by atoms with Gasteiger partial charge in [0.15, 0.2) is 0 Å². The third-order valence-electron chi connectivity index (χ3n) is 5.48. The fourth-order valence-corrected chi connectivity index (χ4v) is 4.19. The van der Waals surface area contributed by atoms with E-state index in [0.29, 0.717) is 0 Å². The topological polar surface area (TPSA) is 70.2 Å². The van der Waals surface area contributed by atoms with E-state index < -0.39 is 18.1 Å². The van der Waals surface area contributed by atoms with Crippen molar-refractivity contribution in [2.24, 2.45) is 5.92 Å². The molecule has 2 N–H and O–H groups in total. The number of nitrogens with one attached hydrogen (secondary N) is 2. The molecule has 1 amide bonds. The molecule has 1 aliphatic carbocycles. The number of carbonyl (C=O) groups excluding carboxylic acids is 1. The Hall–Kier alpha value is -1.77. The summed E-state index contributed by atoms with van der Waals surface area (Å²) in [6.45, 7) is -0.0563. The van der Waals surface area contributed by atoms with Gasteiger partial charge in [0.1, 0.15) is 17.0 Å². The summed E-state index contributed by atoms with van der Waals surface area (Å²) in [5.41, 5.74) is 0. The molecule has 6 nitrogen and oxygen atoms in total. The Morgan fingerprint density at radius 1 is 1.18 bits per heavy atom. The van der Waals surface area contributed by atoms with E-state index in [1.54, 1.807) is 7.05 Å². The SMILES string of the molecule is CNc1nc(Cl)cc(N2C[C@H](C(=O)NC3CCCCC3)CC[C@@H]2C(F)(F)F)n1. The third kappa shape index (κ3) is 4.98. The van der Waals surface area contributed by atoms with E-state index in [2.05, 4.69) is 20.6 Å². The van der Waals surface area contributed by atoms with Crippen molar-refractivity contribution in [1.82, 2.24) is 15.3 Å². The average Bonchev–Trinajstić information content (AvgIpc) is 2.67. The molecule has 1 aromatic rings. The van der Waals surface area contributed by atoms with E-state index in [1.165, 1.54) is 12.5 Å². The van der Waals surface area contributed by atoms with Gasteiger partial charge in [-0.3, -0.25) is 4.79 Å². The monoisotopic (exact) mass is 419 g/mol. The lowest BCUT2D eigenvalue weighted by Crippen LogP contribution is -2.55. The number of anilines is 2. The van der Waals surface area contributed by atoms with Crippen molar-refractivity contribution < 1.29 is 18.0 Å². The summed E-state index contributed by atoms with van der Waals surface area (Å²) < 4.78 is 40.9. The second-order valence-corrected chi connectivity index (χ2v) is 7.84. The molecule has 10 heteroatoms. The first-order valence-electron chi connectivity index (χ1n) is 9.64. The van der Waals surface area contributed by atoms with Crippen LogP contribution in [0, 0.1) is 5.92 Å². The molecule has 2 atom stereocenters. The van der Waals surface area contributed by atoms with Gasteiger partial charge in [0.25, 0.3) is 0 Å². The zero-order valence-electron chi connectivity index (χ0n) is 15.7. The molecular formula is C18H25ClF3N5O. The molecule has 3 rings (SSSR count). The lowest BCUT2D eigenvalue weighted by atomic mass is 9.90. The Morgan fingerprint density at radius 2 is 1.89 bits per heavy atom. The van der Waals surface area contributed by atoms with Crippen LogP contribution in [0.25, 0.3) is 0 Å². The van der Waals surface area contributed by atoms with Crippen molar-refractivity contribution >= 4 is 29.3 Å². The Bertz CT molecular complexity index is 696. The van der Waals surface area contributed by atoms with E-state index in [0.717, 1.165) is 30.6 Å². The second-order valence-electron chi connectivity index (χ2n) is 7.45. The van der Waals surface area contributed by atoms with Crippen LogP contribution in [0.4, 0.5) is 24.9 Å². The number of hydrogen-bond acceptors (Lipinski definition) is 5. The van der Waals surface area contributed by atoms with E-state index in [-0.39, 0.29) is 48.3 Å². The van der Waals surface area contributed by atoms with Crippen LogP contribution in [-0.2, 0) is 4.79 Å². The van der Waals surface area contributed by atoms with Gasteiger partial charge in [0, 0.05) is 25.7 Å². The van der Waals surface area contributed by atoms with Crippen molar-refractivity contribution in [2.45, 2.75) is 63.2 Å². The molecule has 0 aromatic carbocycles. The molecule has 28 heavy (non-hydrogen) atoms. The fraction of sp³-hybridized carbons (Fsp3) is 0.722. The molecule has 2 heterocycles. The van der Waals surface area contributed by atoms with Gasteiger partial charge in [-0.2, -0.15) is 18.2 Å². The lowest BCUT2D eigenvalue weighted by molar-refractivity contribution is -0.156. The van der Waals surface area contributed by atoms with E-state index in [1.807, 2.05) is 0 Å². The van der Waals surface area contributed by atoms with Gasteiger partial charge in [-0.25, -0.2) is 4.98 Å². The maximum absolute atomic E-state index is 13.6. The predicted octanol–water partition coefficient (Wildman–Crippen LogP) is 3.77. The Labute approximate surface area is 167 Å². The van der Waals surface area contributed by atoms with Gasteiger partial charge in [0.05, 0.1) is 5.92 Å². The second kappa shape index (κ2) is 8.71. The zero-order valence-corrected chi connectivity index (χ0v) is 16.5. The Morgan fingerprint density at radius 3 is 2.54 bits per heavy atom. The quantitative estimate of drug-likeness (QED) is 0.727. The molecule has 156 valence electrons. The largest absolute Gasteiger partial charge is 0.408 e. The highest BCUT2D eigenvalue weighted by molar-refractivity contribution is 6.29. The van der Waals surface area contributed by atoms with Crippen LogP contribution in [0.3, 0.4) is 0 Å². The minimum atomic E-state index is -4.43.